The van der Waals surface area contributed by atoms with Gasteiger partial charge in [-0.05, 0) is 29.8 Å². The second-order valence-electron chi connectivity index (χ2n) is 6.23. The smallest absolute Gasteiger partial charge is 0.382 e. The van der Waals surface area contributed by atoms with E-state index >= 15 is 0 Å². The number of benzene rings is 2. The number of ether oxygens (including phenoxy) is 1. The van der Waals surface area contributed by atoms with Crippen molar-refractivity contribution in [3.8, 4) is 5.69 Å². The fourth-order valence-electron chi connectivity index (χ4n) is 2.77. The van der Waals surface area contributed by atoms with E-state index in [1.165, 1.54) is 54.5 Å². The first-order chi connectivity index (χ1) is 13.8. The van der Waals surface area contributed by atoms with Gasteiger partial charge < -0.3 is 10.1 Å². The summed E-state index contributed by atoms with van der Waals surface area (Å²) in [4.78, 5) is 12.6. The standard InChI is InChI=1S/C20H17F4N3O2/c1-29-12-17(13-5-4-6-15(9-13)20(22,23)24)26-19(28)14-10-25-27(11-14)18-8-3-2-7-16(18)21/h2-11,17H,12H2,1H3,(H,26,28). The van der Waals surface area contributed by atoms with E-state index in [9.17, 15) is 22.4 Å². The molecule has 3 aromatic rings. The van der Waals surface area contributed by atoms with Crippen molar-refractivity contribution >= 4 is 5.91 Å². The zero-order chi connectivity index (χ0) is 21.0. The van der Waals surface area contributed by atoms with Gasteiger partial charge in [0.2, 0.25) is 0 Å². The van der Waals surface area contributed by atoms with Gasteiger partial charge in [-0.2, -0.15) is 18.3 Å². The molecule has 1 amide bonds. The van der Waals surface area contributed by atoms with Gasteiger partial charge in [-0.25, -0.2) is 9.07 Å². The highest BCUT2D eigenvalue weighted by atomic mass is 19.4. The number of amides is 1. The van der Waals surface area contributed by atoms with Gasteiger partial charge in [-0.3, -0.25) is 4.79 Å². The van der Waals surface area contributed by atoms with Crippen molar-refractivity contribution in [3.05, 3.63) is 83.4 Å². The molecule has 0 aliphatic rings. The first kappa shape index (κ1) is 20.5. The molecule has 0 fully saturated rings. The monoisotopic (exact) mass is 407 g/mol. The maximum atomic E-state index is 13.9. The molecule has 1 atom stereocenters. The van der Waals surface area contributed by atoms with E-state index in [0.717, 1.165) is 12.1 Å². The van der Waals surface area contributed by atoms with Gasteiger partial charge in [-0.15, -0.1) is 0 Å². The number of halogens is 4. The molecule has 0 spiro atoms. The van der Waals surface area contributed by atoms with Crippen molar-refractivity contribution in [2.45, 2.75) is 12.2 Å². The number of nitrogens with one attached hydrogen (secondary N) is 1. The van der Waals surface area contributed by atoms with E-state index in [2.05, 4.69) is 10.4 Å². The van der Waals surface area contributed by atoms with Crippen LogP contribution in [0.2, 0.25) is 0 Å². The van der Waals surface area contributed by atoms with Gasteiger partial charge >= 0.3 is 6.18 Å². The molecule has 1 N–H and O–H groups in total. The quantitative estimate of drug-likeness (QED) is 0.625. The van der Waals surface area contributed by atoms with Gasteiger partial charge in [0.1, 0.15) is 11.5 Å². The summed E-state index contributed by atoms with van der Waals surface area (Å²) in [6.45, 7) is -0.0332. The molecule has 5 nitrogen and oxygen atoms in total. The maximum absolute atomic E-state index is 13.9. The number of hydrogen-bond donors (Lipinski definition) is 1. The van der Waals surface area contributed by atoms with Crippen LogP contribution in [0.5, 0.6) is 0 Å². The number of nitrogens with zero attached hydrogens (tertiary/aromatic N) is 2. The number of rotatable bonds is 6. The Balaban J connectivity index is 1.82. The molecule has 0 aliphatic carbocycles. The summed E-state index contributed by atoms with van der Waals surface area (Å²) >= 11 is 0. The number of hydrogen-bond acceptors (Lipinski definition) is 3. The molecular weight excluding hydrogens is 390 g/mol. The molecule has 1 unspecified atom stereocenters. The van der Waals surface area contributed by atoms with Crippen LogP contribution in [0.4, 0.5) is 17.6 Å². The lowest BCUT2D eigenvalue weighted by Gasteiger charge is -2.19. The van der Waals surface area contributed by atoms with E-state index in [1.54, 1.807) is 6.07 Å². The summed E-state index contributed by atoms with van der Waals surface area (Å²) < 4.78 is 59.1. The predicted octanol–water partition coefficient (Wildman–Crippen LogP) is 4.15. The highest BCUT2D eigenvalue weighted by molar-refractivity contribution is 5.94. The van der Waals surface area contributed by atoms with E-state index in [1.807, 2.05) is 0 Å². The van der Waals surface area contributed by atoms with E-state index < -0.39 is 29.5 Å². The molecule has 1 heterocycles. The Morgan fingerprint density at radius 2 is 1.97 bits per heavy atom. The summed E-state index contributed by atoms with van der Waals surface area (Å²) in [6, 6.07) is 9.76. The molecule has 0 aliphatic heterocycles. The Kier molecular flexibility index (Phi) is 5.97. The average Bonchev–Trinajstić information content (AvgIpc) is 3.17. The summed E-state index contributed by atoms with van der Waals surface area (Å²) in [5.41, 5.74) is -0.284. The number of alkyl halides is 3. The molecular formula is C20H17F4N3O2. The highest BCUT2D eigenvalue weighted by Gasteiger charge is 2.31. The molecule has 0 saturated heterocycles. The summed E-state index contributed by atoms with van der Waals surface area (Å²) in [5.74, 6) is -1.09. The number of methoxy groups -OCH3 is 1. The van der Waals surface area contributed by atoms with Crippen LogP contribution in [0.25, 0.3) is 5.69 Å². The molecule has 1 aromatic heterocycles. The van der Waals surface area contributed by atoms with Crippen molar-refractivity contribution in [3.63, 3.8) is 0 Å². The summed E-state index contributed by atoms with van der Waals surface area (Å²) in [7, 11) is 1.38. The first-order valence-corrected chi connectivity index (χ1v) is 8.56. The third kappa shape index (κ3) is 4.80. The summed E-state index contributed by atoms with van der Waals surface area (Å²) in [6.07, 6.45) is -1.92. The van der Waals surface area contributed by atoms with Crippen LogP contribution in [0.15, 0.2) is 60.9 Å². The van der Waals surface area contributed by atoms with Gasteiger partial charge in [0.15, 0.2) is 0 Å². The zero-order valence-electron chi connectivity index (χ0n) is 15.3. The lowest BCUT2D eigenvalue weighted by Crippen LogP contribution is -2.31. The van der Waals surface area contributed by atoms with Crippen LogP contribution in [-0.4, -0.2) is 29.4 Å². The van der Waals surface area contributed by atoms with E-state index in [4.69, 9.17) is 4.74 Å². The Hall–Kier alpha value is -3.20. The fraction of sp³-hybridized carbons (Fsp3) is 0.200. The van der Waals surface area contributed by atoms with Crippen molar-refractivity contribution < 1.29 is 27.1 Å². The first-order valence-electron chi connectivity index (χ1n) is 8.56. The molecule has 29 heavy (non-hydrogen) atoms. The Labute approximate surface area is 163 Å². The topological polar surface area (TPSA) is 56.1 Å². The Morgan fingerprint density at radius 1 is 1.21 bits per heavy atom. The molecule has 0 bridgehead atoms. The Bertz CT molecular complexity index is 1000. The third-order valence-electron chi connectivity index (χ3n) is 4.20. The Morgan fingerprint density at radius 3 is 2.66 bits per heavy atom. The van der Waals surface area contributed by atoms with Crippen molar-refractivity contribution in [2.75, 3.05) is 13.7 Å². The highest BCUT2D eigenvalue weighted by Crippen LogP contribution is 2.31. The van der Waals surface area contributed by atoms with Gasteiger partial charge in [0, 0.05) is 13.3 Å². The van der Waals surface area contributed by atoms with Crippen molar-refractivity contribution in [1.29, 1.82) is 0 Å². The zero-order valence-corrected chi connectivity index (χ0v) is 15.3. The lowest BCUT2D eigenvalue weighted by molar-refractivity contribution is -0.137. The molecule has 2 aromatic carbocycles. The number of para-hydroxylation sites is 1. The average molecular weight is 407 g/mol. The predicted molar refractivity (Wildman–Crippen MR) is 97.0 cm³/mol. The second kappa shape index (κ2) is 8.44. The largest absolute Gasteiger partial charge is 0.416 e. The normalized spacial score (nSPS) is 12.6. The second-order valence-corrected chi connectivity index (χ2v) is 6.23. The number of carbonyl (C=O) groups is 1. The minimum Gasteiger partial charge on any atom is -0.382 e. The van der Waals surface area contributed by atoms with Crippen LogP contribution in [0.1, 0.15) is 27.5 Å². The molecule has 0 radical (unpaired) electrons. The van der Waals surface area contributed by atoms with Crippen LogP contribution >= 0.6 is 0 Å². The fourth-order valence-corrected chi connectivity index (χ4v) is 2.77. The van der Waals surface area contributed by atoms with Gasteiger partial charge in [0.05, 0.1) is 30.0 Å². The van der Waals surface area contributed by atoms with Crippen LogP contribution in [0, 0.1) is 5.82 Å². The molecule has 0 saturated carbocycles. The number of carbonyl (C=O) groups excluding carboxylic acids is 1. The third-order valence-corrected chi connectivity index (χ3v) is 4.20. The minimum atomic E-state index is -4.50. The van der Waals surface area contributed by atoms with Crippen LogP contribution in [-0.2, 0) is 10.9 Å². The van der Waals surface area contributed by atoms with Gasteiger partial charge in [0.25, 0.3) is 5.91 Å². The molecule has 152 valence electrons. The lowest BCUT2D eigenvalue weighted by atomic mass is 10.0. The van der Waals surface area contributed by atoms with Gasteiger partial charge in [-0.1, -0.05) is 24.3 Å². The van der Waals surface area contributed by atoms with Crippen molar-refractivity contribution in [1.82, 2.24) is 15.1 Å². The number of aromatic nitrogens is 2. The van der Waals surface area contributed by atoms with E-state index in [-0.39, 0.29) is 23.4 Å². The summed E-state index contributed by atoms with van der Waals surface area (Å²) in [5, 5.41) is 6.61. The van der Waals surface area contributed by atoms with Crippen molar-refractivity contribution in [2.24, 2.45) is 0 Å². The maximum Gasteiger partial charge on any atom is 0.416 e. The minimum absolute atomic E-state index is 0.0332. The molecule has 3 rings (SSSR count). The SMILES string of the molecule is COCC(NC(=O)c1cnn(-c2ccccc2F)c1)c1cccc(C(F)(F)F)c1. The van der Waals surface area contributed by atoms with E-state index in [0.29, 0.717) is 0 Å². The van der Waals surface area contributed by atoms with Crippen LogP contribution in [0.3, 0.4) is 0 Å². The van der Waals surface area contributed by atoms with Crippen LogP contribution < -0.4 is 5.32 Å². The molecule has 9 heteroatoms.